The highest BCUT2D eigenvalue weighted by Gasteiger charge is 2.47. The molecule has 0 saturated carbocycles. The molecule has 7 nitrogen and oxygen atoms in total. The molecule has 3 rings (SSSR count). The number of carbonyl (C=O) groups excluding carboxylic acids is 1. The lowest BCUT2D eigenvalue weighted by molar-refractivity contribution is -0.145. The number of pyridine rings is 1. The minimum absolute atomic E-state index is 0.0396. The molecule has 3 heterocycles. The number of piperidine rings is 1. The lowest BCUT2D eigenvalue weighted by atomic mass is 9.87. The predicted octanol–water partition coefficient (Wildman–Crippen LogP) is 4.87. The summed E-state index contributed by atoms with van der Waals surface area (Å²) >= 11 is 0. The Hall–Kier alpha value is -3.57. The van der Waals surface area contributed by atoms with Gasteiger partial charge in [-0.25, -0.2) is 13.8 Å². The number of likely N-dealkylation sites (tertiary alicyclic amines) is 1. The Bertz CT molecular complexity index is 1230. The van der Waals surface area contributed by atoms with E-state index in [2.05, 4.69) is 20.6 Å². The topological polar surface area (TPSA) is 93.5 Å². The highest BCUT2D eigenvalue weighted by atomic mass is 19.4. The Morgan fingerprint density at radius 3 is 2.56 bits per heavy atom. The SMILES string of the molecule is CN/C=C(\C(=N)C(=O)N1CC(F)(F)CC(C)C1CNC1=C(C)C(C)C=C(C(F)(F)F)C=N1)c1cccc(C)n1. The van der Waals surface area contributed by atoms with Crippen molar-refractivity contribution in [2.24, 2.45) is 16.8 Å². The van der Waals surface area contributed by atoms with E-state index in [1.165, 1.54) is 6.20 Å². The van der Waals surface area contributed by atoms with Crippen LogP contribution in [0.1, 0.15) is 38.6 Å². The molecule has 1 aromatic heterocycles. The van der Waals surface area contributed by atoms with Crippen LogP contribution in [0.15, 0.2) is 52.4 Å². The molecule has 1 aromatic rings. The Morgan fingerprint density at radius 1 is 1.26 bits per heavy atom. The molecule has 3 atom stereocenters. The molecule has 3 unspecified atom stereocenters. The van der Waals surface area contributed by atoms with E-state index in [-0.39, 0.29) is 17.9 Å². The second-order valence-electron chi connectivity index (χ2n) is 10.0. The lowest BCUT2D eigenvalue weighted by Crippen LogP contribution is -2.59. The van der Waals surface area contributed by atoms with Crippen LogP contribution in [0.4, 0.5) is 22.0 Å². The number of aryl methyl sites for hydroxylation is 1. The summed E-state index contributed by atoms with van der Waals surface area (Å²) in [4.78, 5) is 22.9. The average molecular weight is 553 g/mol. The summed E-state index contributed by atoms with van der Waals surface area (Å²) in [5, 5.41) is 14.4. The molecule has 0 spiro atoms. The molecule has 3 N–H and O–H groups in total. The molecule has 12 heteroatoms. The van der Waals surface area contributed by atoms with Crippen molar-refractivity contribution in [3.05, 3.63) is 58.8 Å². The summed E-state index contributed by atoms with van der Waals surface area (Å²) in [6, 6.07) is 4.31. The highest BCUT2D eigenvalue weighted by molar-refractivity contribution is 6.54. The van der Waals surface area contributed by atoms with Crippen LogP contribution in [-0.4, -0.2) is 66.0 Å². The zero-order valence-corrected chi connectivity index (χ0v) is 22.5. The summed E-state index contributed by atoms with van der Waals surface area (Å²) in [7, 11) is 1.58. The number of amides is 1. The number of hydrogen-bond donors (Lipinski definition) is 3. The number of nitrogens with one attached hydrogen (secondary N) is 3. The van der Waals surface area contributed by atoms with Crippen LogP contribution in [0.3, 0.4) is 0 Å². The molecule has 2 aliphatic heterocycles. The van der Waals surface area contributed by atoms with Gasteiger partial charge >= 0.3 is 6.18 Å². The standard InChI is InChI=1S/C27H33F5N6O/c1-15-9-19(27(30,31)32)11-35-24(18(15)4)36-13-22-16(2)10-26(28,29)14-38(22)25(39)23(33)20(12-34-5)21-8-6-7-17(3)37-21/h6-9,11-12,15-16,22,33-34,36H,10,13-14H2,1-5H3/b20-12-,33-23?. The summed E-state index contributed by atoms with van der Waals surface area (Å²) in [5.74, 6) is -5.15. The summed E-state index contributed by atoms with van der Waals surface area (Å²) in [6.07, 6.45) is -1.82. The molecule has 1 fully saturated rings. The first-order valence-corrected chi connectivity index (χ1v) is 12.5. The smallest absolute Gasteiger partial charge is 0.393 e. The van der Waals surface area contributed by atoms with Crippen LogP contribution in [0, 0.1) is 24.2 Å². The quantitative estimate of drug-likeness (QED) is 0.332. The Morgan fingerprint density at radius 2 is 1.95 bits per heavy atom. The summed E-state index contributed by atoms with van der Waals surface area (Å²) < 4.78 is 69.2. The van der Waals surface area contributed by atoms with Crippen molar-refractivity contribution >= 4 is 23.4 Å². The van der Waals surface area contributed by atoms with Crippen LogP contribution in [0.2, 0.25) is 0 Å². The van der Waals surface area contributed by atoms with Gasteiger partial charge in [-0.15, -0.1) is 0 Å². The van der Waals surface area contributed by atoms with Crippen molar-refractivity contribution < 1.29 is 26.7 Å². The van der Waals surface area contributed by atoms with Gasteiger partial charge in [0.05, 0.1) is 23.9 Å². The van der Waals surface area contributed by atoms with Gasteiger partial charge in [0.15, 0.2) is 0 Å². The van der Waals surface area contributed by atoms with E-state index in [1.807, 2.05) is 0 Å². The van der Waals surface area contributed by atoms with Crippen LogP contribution in [-0.2, 0) is 4.79 Å². The fourth-order valence-electron chi connectivity index (χ4n) is 4.69. The van der Waals surface area contributed by atoms with Gasteiger partial charge in [0.1, 0.15) is 11.5 Å². The fourth-order valence-corrected chi connectivity index (χ4v) is 4.69. The van der Waals surface area contributed by atoms with Gasteiger partial charge < -0.3 is 15.5 Å². The van der Waals surface area contributed by atoms with Crippen LogP contribution in [0.5, 0.6) is 0 Å². The fraction of sp³-hybridized carbons (Fsp3) is 0.481. The number of aliphatic imine (C=N–C) groups is 1. The van der Waals surface area contributed by atoms with Gasteiger partial charge in [-0.2, -0.15) is 13.2 Å². The average Bonchev–Trinajstić information content (AvgIpc) is 2.98. The number of halogens is 5. The number of aromatic nitrogens is 1. The zero-order chi connectivity index (χ0) is 29.1. The number of rotatable bonds is 7. The Balaban J connectivity index is 1.89. The van der Waals surface area contributed by atoms with E-state index in [4.69, 9.17) is 5.41 Å². The Kier molecular flexibility index (Phi) is 8.97. The molecule has 0 radical (unpaired) electrons. The van der Waals surface area contributed by atoms with Crippen LogP contribution in [0.25, 0.3) is 5.57 Å². The molecule has 0 aromatic carbocycles. The minimum atomic E-state index is -4.56. The first kappa shape index (κ1) is 30.0. The largest absolute Gasteiger partial charge is 0.417 e. The molecule has 212 valence electrons. The summed E-state index contributed by atoms with van der Waals surface area (Å²) in [6.45, 7) is 5.65. The first-order valence-electron chi connectivity index (χ1n) is 12.5. The van der Waals surface area contributed by atoms with Crippen molar-refractivity contribution in [3.8, 4) is 0 Å². The van der Waals surface area contributed by atoms with Gasteiger partial charge in [-0.3, -0.25) is 15.2 Å². The van der Waals surface area contributed by atoms with E-state index in [0.717, 1.165) is 17.2 Å². The molecular formula is C27H33F5N6O. The predicted molar refractivity (Wildman–Crippen MR) is 140 cm³/mol. The molecule has 0 bridgehead atoms. The van der Waals surface area contributed by atoms with Crippen LogP contribution < -0.4 is 10.6 Å². The van der Waals surface area contributed by atoms with Gasteiger partial charge in [0, 0.05) is 43.7 Å². The number of allylic oxidation sites excluding steroid dienone is 3. The second kappa shape index (κ2) is 11.7. The van der Waals surface area contributed by atoms with E-state index >= 15 is 0 Å². The third-order valence-electron chi connectivity index (χ3n) is 6.90. The van der Waals surface area contributed by atoms with Crippen molar-refractivity contribution in [1.82, 2.24) is 20.5 Å². The van der Waals surface area contributed by atoms with E-state index < -0.39 is 60.1 Å². The number of carbonyl (C=O) groups is 1. The third kappa shape index (κ3) is 7.10. The molecule has 39 heavy (non-hydrogen) atoms. The minimum Gasteiger partial charge on any atom is -0.393 e. The second-order valence-corrected chi connectivity index (χ2v) is 10.0. The number of alkyl halides is 5. The van der Waals surface area contributed by atoms with Gasteiger partial charge in [0.2, 0.25) is 0 Å². The summed E-state index contributed by atoms with van der Waals surface area (Å²) in [5.41, 5.74) is 0.286. The molecule has 1 amide bonds. The monoisotopic (exact) mass is 552 g/mol. The maximum Gasteiger partial charge on any atom is 0.417 e. The van der Waals surface area contributed by atoms with E-state index in [9.17, 15) is 26.7 Å². The normalized spacial score (nSPS) is 23.7. The number of nitrogens with zero attached hydrogens (tertiary/aromatic N) is 3. The number of hydrogen-bond acceptors (Lipinski definition) is 6. The van der Waals surface area contributed by atoms with Crippen molar-refractivity contribution in [3.63, 3.8) is 0 Å². The van der Waals surface area contributed by atoms with Gasteiger partial charge in [-0.1, -0.05) is 26.0 Å². The highest BCUT2D eigenvalue weighted by Crippen LogP contribution is 2.35. The molecular weight excluding hydrogens is 519 g/mol. The van der Waals surface area contributed by atoms with Crippen molar-refractivity contribution in [2.45, 2.75) is 52.3 Å². The molecule has 0 aliphatic carbocycles. The van der Waals surface area contributed by atoms with E-state index in [1.54, 1.807) is 52.9 Å². The molecule has 2 aliphatic rings. The maximum atomic E-state index is 14.7. The van der Waals surface area contributed by atoms with Crippen molar-refractivity contribution in [2.75, 3.05) is 20.1 Å². The Labute approximate surface area is 224 Å². The molecule has 1 saturated heterocycles. The third-order valence-corrected chi connectivity index (χ3v) is 6.90. The van der Waals surface area contributed by atoms with Gasteiger partial charge in [0.25, 0.3) is 11.8 Å². The zero-order valence-electron chi connectivity index (χ0n) is 22.5. The lowest BCUT2D eigenvalue weighted by Gasteiger charge is -2.43. The van der Waals surface area contributed by atoms with Crippen molar-refractivity contribution in [1.29, 1.82) is 5.41 Å². The van der Waals surface area contributed by atoms with Crippen LogP contribution >= 0.6 is 0 Å². The van der Waals surface area contributed by atoms with E-state index in [0.29, 0.717) is 17.0 Å². The first-order chi connectivity index (χ1) is 18.1. The maximum absolute atomic E-state index is 14.7. The van der Waals surface area contributed by atoms with Gasteiger partial charge in [-0.05, 0) is 43.4 Å².